The molecule has 37 heavy (non-hydrogen) atoms. The van der Waals surface area contributed by atoms with E-state index in [1.54, 1.807) is 26.5 Å². The molecule has 5 rings (SSSR count). The Kier molecular flexibility index (Phi) is 6.55. The van der Waals surface area contributed by atoms with E-state index < -0.39 is 0 Å². The number of aromatic nitrogens is 5. The number of amides is 1. The van der Waals surface area contributed by atoms with Crippen molar-refractivity contribution in [3.05, 3.63) is 78.1 Å². The number of hydrogen-bond donors (Lipinski definition) is 1. The van der Waals surface area contributed by atoms with Crippen molar-refractivity contribution >= 4 is 11.7 Å². The van der Waals surface area contributed by atoms with Gasteiger partial charge in [-0.2, -0.15) is 14.9 Å². The van der Waals surface area contributed by atoms with E-state index in [0.29, 0.717) is 29.6 Å². The molecule has 0 bridgehead atoms. The van der Waals surface area contributed by atoms with E-state index in [1.807, 2.05) is 49.4 Å². The highest BCUT2D eigenvalue weighted by Crippen LogP contribution is 2.42. The van der Waals surface area contributed by atoms with Crippen LogP contribution in [-0.2, 0) is 4.79 Å². The summed E-state index contributed by atoms with van der Waals surface area (Å²) in [4.78, 5) is 17.5. The van der Waals surface area contributed by atoms with Crippen LogP contribution in [0.25, 0.3) is 17.2 Å². The molecule has 1 amide bonds. The van der Waals surface area contributed by atoms with Gasteiger partial charge in [0.15, 0.2) is 11.5 Å². The Morgan fingerprint density at radius 2 is 1.95 bits per heavy atom. The lowest BCUT2D eigenvalue weighted by atomic mass is 9.85. The lowest BCUT2D eigenvalue weighted by Crippen LogP contribution is -2.25. The van der Waals surface area contributed by atoms with E-state index in [-0.39, 0.29) is 24.2 Å². The Bertz CT molecular complexity index is 1460. The van der Waals surface area contributed by atoms with Crippen molar-refractivity contribution in [2.45, 2.75) is 19.3 Å². The van der Waals surface area contributed by atoms with Crippen LogP contribution < -0.4 is 19.5 Å². The number of methoxy groups -OCH3 is 2. The second kappa shape index (κ2) is 10.1. The molecule has 3 heterocycles. The van der Waals surface area contributed by atoms with Gasteiger partial charge in [0.1, 0.15) is 18.2 Å². The zero-order valence-electron chi connectivity index (χ0n) is 20.8. The average Bonchev–Trinajstić information content (AvgIpc) is 3.27. The number of fused-ring (bicyclic) bond motifs is 1. The number of nitrogens with zero attached hydrogens (tertiary/aromatic N) is 5. The maximum Gasteiger partial charge on any atom is 0.272 e. The first kappa shape index (κ1) is 24.0. The Labute approximate surface area is 213 Å². The second-order valence-corrected chi connectivity index (χ2v) is 8.44. The number of ether oxygens (including phenoxy) is 3. The van der Waals surface area contributed by atoms with Gasteiger partial charge in [0.05, 0.1) is 31.8 Å². The average molecular weight is 499 g/mol. The van der Waals surface area contributed by atoms with E-state index >= 15 is 0 Å². The SMILES string of the molecule is C=CCOc1ccc(C2CC(=O)Nc3c2c(C)nn3-c2nncc(-c3ccc(OC)cc3)n2)cc1OC. The van der Waals surface area contributed by atoms with Gasteiger partial charge < -0.3 is 19.5 Å². The van der Waals surface area contributed by atoms with Crippen LogP contribution in [0.5, 0.6) is 17.2 Å². The number of carbonyl (C=O) groups excluding carboxylic acids is 1. The van der Waals surface area contributed by atoms with Gasteiger partial charge in [0, 0.05) is 23.5 Å². The van der Waals surface area contributed by atoms with Crippen LogP contribution in [0.4, 0.5) is 5.82 Å². The standard InChI is InChI=1S/C27H26N6O4/c1-5-12-37-22-11-8-18(13-23(22)36-4)20-14-24(34)30-26-25(20)16(2)32-33(26)27-29-21(15-28-31-27)17-6-9-19(35-3)10-7-17/h5-11,13,15,20H,1,12,14H2,2-4H3,(H,30,34). The zero-order chi connectivity index (χ0) is 25.9. The lowest BCUT2D eigenvalue weighted by molar-refractivity contribution is -0.116. The summed E-state index contributed by atoms with van der Waals surface area (Å²) in [5.74, 6) is 2.34. The maximum atomic E-state index is 12.8. The number of rotatable bonds is 8. The van der Waals surface area contributed by atoms with Gasteiger partial charge in [-0.3, -0.25) is 4.79 Å². The van der Waals surface area contributed by atoms with Crippen molar-refractivity contribution in [2.75, 3.05) is 26.1 Å². The number of carbonyl (C=O) groups is 1. The van der Waals surface area contributed by atoms with E-state index in [4.69, 9.17) is 14.2 Å². The topological polar surface area (TPSA) is 113 Å². The summed E-state index contributed by atoms with van der Waals surface area (Å²) < 4.78 is 18.0. The third-order valence-electron chi connectivity index (χ3n) is 6.17. The minimum atomic E-state index is -0.238. The highest BCUT2D eigenvalue weighted by Gasteiger charge is 2.33. The van der Waals surface area contributed by atoms with Crippen molar-refractivity contribution < 1.29 is 19.0 Å². The van der Waals surface area contributed by atoms with Crippen LogP contribution >= 0.6 is 0 Å². The quantitative estimate of drug-likeness (QED) is 0.362. The molecule has 0 saturated heterocycles. The summed E-state index contributed by atoms with van der Waals surface area (Å²) in [7, 11) is 3.20. The monoisotopic (exact) mass is 498 g/mol. The first-order chi connectivity index (χ1) is 18.0. The van der Waals surface area contributed by atoms with E-state index in [1.165, 1.54) is 4.68 Å². The number of aryl methyl sites for hydroxylation is 1. The molecular weight excluding hydrogens is 472 g/mol. The fourth-order valence-electron chi connectivity index (χ4n) is 4.43. The summed E-state index contributed by atoms with van der Waals surface area (Å²) in [6.07, 6.45) is 3.52. The van der Waals surface area contributed by atoms with Crippen molar-refractivity contribution in [2.24, 2.45) is 0 Å². The van der Waals surface area contributed by atoms with Crippen LogP contribution in [0.2, 0.25) is 0 Å². The third-order valence-corrected chi connectivity index (χ3v) is 6.17. The third kappa shape index (κ3) is 4.61. The summed E-state index contributed by atoms with van der Waals surface area (Å²) in [5, 5.41) is 16.0. The molecule has 0 radical (unpaired) electrons. The molecule has 0 saturated carbocycles. The van der Waals surface area contributed by atoms with Crippen molar-refractivity contribution in [3.8, 4) is 34.5 Å². The highest BCUT2D eigenvalue weighted by molar-refractivity contribution is 5.95. The van der Waals surface area contributed by atoms with Crippen LogP contribution in [0.15, 0.2) is 61.3 Å². The molecule has 1 N–H and O–H groups in total. The Balaban J connectivity index is 1.54. The molecule has 1 aliphatic rings. The van der Waals surface area contributed by atoms with Crippen LogP contribution in [0.1, 0.15) is 29.2 Å². The van der Waals surface area contributed by atoms with Crippen LogP contribution in [0.3, 0.4) is 0 Å². The lowest BCUT2D eigenvalue weighted by Gasteiger charge is -2.25. The van der Waals surface area contributed by atoms with Crippen molar-refractivity contribution in [1.29, 1.82) is 0 Å². The van der Waals surface area contributed by atoms with E-state index in [0.717, 1.165) is 28.1 Å². The van der Waals surface area contributed by atoms with Crippen molar-refractivity contribution in [1.82, 2.24) is 25.0 Å². The summed E-state index contributed by atoms with van der Waals surface area (Å²) >= 11 is 0. The minimum Gasteiger partial charge on any atom is -0.497 e. The van der Waals surface area contributed by atoms with Crippen LogP contribution in [-0.4, -0.2) is 51.7 Å². The molecule has 2 aromatic carbocycles. The molecule has 10 heteroatoms. The van der Waals surface area contributed by atoms with E-state index in [9.17, 15) is 4.79 Å². The molecule has 1 aliphatic heterocycles. The van der Waals surface area contributed by atoms with Gasteiger partial charge >= 0.3 is 0 Å². The van der Waals surface area contributed by atoms with Gasteiger partial charge in [0.2, 0.25) is 5.91 Å². The van der Waals surface area contributed by atoms with Crippen molar-refractivity contribution in [3.63, 3.8) is 0 Å². The zero-order valence-corrected chi connectivity index (χ0v) is 20.8. The first-order valence-corrected chi connectivity index (χ1v) is 11.7. The fraction of sp³-hybridized carbons (Fsp3) is 0.222. The Hall–Kier alpha value is -4.73. The second-order valence-electron chi connectivity index (χ2n) is 8.44. The molecule has 1 unspecified atom stereocenters. The molecule has 4 aromatic rings. The smallest absolute Gasteiger partial charge is 0.272 e. The molecular formula is C27H26N6O4. The molecule has 1 atom stereocenters. The Morgan fingerprint density at radius 1 is 1.14 bits per heavy atom. The number of nitrogens with one attached hydrogen (secondary N) is 1. The predicted octanol–water partition coefficient (Wildman–Crippen LogP) is 4.09. The maximum absolute atomic E-state index is 12.8. The molecule has 0 spiro atoms. The highest BCUT2D eigenvalue weighted by atomic mass is 16.5. The largest absolute Gasteiger partial charge is 0.497 e. The number of hydrogen-bond acceptors (Lipinski definition) is 8. The number of benzene rings is 2. The van der Waals surface area contributed by atoms with Crippen LogP contribution in [0, 0.1) is 6.92 Å². The normalized spacial score (nSPS) is 14.5. The molecule has 188 valence electrons. The first-order valence-electron chi connectivity index (χ1n) is 11.7. The van der Waals surface area contributed by atoms with Gasteiger partial charge in [-0.25, -0.2) is 4.98 Å². The van der Waals surface area contributed by atoms with Gasteiger partial charge in [-0.15, -0.1) is 5.10 Å². The number of anilines is 1. The molecule has 0 fully saturated rings. The molecule has 2 aromatic heterocycles. The fourth-order valence-corrected chi connectivity index (χ4v) is 4.43. The van der Waals surface area contributed by atoms with Gasteiger partial charge in [-0.1, -0.05) is 18.7 Å². The minimum absolute atomic E-state index is 0.135. The van der Waals surface area contributed by atoms with E-state index in [2.05, 4.69) is 32.2 Å². The Morgan fingerprint density at radius 3 is 2.68 bits per heavy atom. The van der Waals surface area contributed by atoms with Gasteiger partial charge in [0.25, 0.3) is 5.95 Å². The summed E-state index contributed by atoms with van der Waals surface area (Å²) in [6, 6.07) is 13.2. The molecule has 10 nitrogen and oxygen atoms in total. The predicted molar refractivity (Wildman–Crippen MR) is 137 cm³/mol. The summed E-state index contributed by atoms with van der Waals surface area (Å²) in [6.45, 7) is 5.95. The van der Waals surface area contributed by atoms with Gasteiger partial charge in [-0.05, 0) is 48.9 Å². The molecule has 0 aliphatic carbocycles. The summed E-state index contributed by atoms with van der Waals surface area (Å²) in [5.41, 5.74) is 4.02.